The van der Waals surface area contributed by atoms with Gasteiger partial charge in [0.15, 0.2) is 5.78 Å². The molecule has 0 aromatic heterocycles. The molecule has 0 radical (unpaired) electrons. The van der Waals surface area contributed by atoms with Gasteiger partial charge in [0.25, 0.3) is 0 Å². The lowest BCUT2D eigenvalue weighted by molar-refractivity contribution is -0.129. The molecule has 1 N–H and O–H groups in total. The SMILES string of the molecule is C[C@]12CC[C@@H]3c4ccc(O)cc4C(=O)C[C@H]3[C@@H]1CCC2=O. The zero-order chi connectivity index (χ0) is 14.8. The van der Waals surface area contributed by atoms with Crippen LogP contribution in [0.25, 0.3) is 0 Å². The largest absolute Gasteiger partial charge is 0.508 e. The molecular weight excluding hydrogens is 264 g/mol. The number of aromatic hydroxyl groups is 1. The molecule has 0 heterocycles. The summed E-state index contributed by atoms with van der Waals surface area (Å²) in [6.45, 7) is 2.11. The van der Waals surface area contributed by atoms with Gasteiger partial charge in [-0.15, -0.1) is 0 Å². The summed E-state index contributed by atoms with van der Waals surface area (Å²) in [4.78, 5) is 24.7. The van der Waals surface area contributed by atoms with Crippen molar-refractivity contribution in [3.8, 4) is 5.75 Å². The number of carbonyl (C=O) groups excluding carboxylic acids is 2. The summed E-state index contributed by atoms with van der Waals surface area (Å²) in [6, 6.07) is 5.21. The number of Topliss-reactive ketones (excluding diaryl/α,β-unsaturated/α-hetero) is 2. The second kappa shape index (κ2) is 4.19. The summed E-state index contributed by atoms with van der Waals surface area (Å²) in [7, 11) is 0. The molecule has 4 rings (SSSR count). The van der Waals surface area contributed by atoms with Crippen molar-refractivity contribution in [3.63, 3.8) is 0 Å². The fraction of sp³-hybridized carbons (Fsp3) is 0.556. The highest BCUT2D eigenvalue weighted by Gasteiger charge is 2.55. The predicted molar refractivity (Wildman–Crippen MR) is 78.4 cm³/mol. The third-order valence-corrected chi connectivity index (χ3v) is 6.30. The van der Waals surface area contributed by atoms with E-state index in [1.54, 1.807) is 12.1 Å². The molecule has 2 saturated carbocycles. The fourth-order valence-electron chi connectivity index (χ4n) is 5.16. The Morgan fingerprint density at radius 3 is 2.86 bits per heavy atom. The smallest absolute Gasteiger partial charge is 0.163 e. The number of fused-ring (bicyclic) bond motifs is 5. The molecule has 2 fully saturated rings. The Balaban J connectivity index is 1.78. The first kappa shape index (κ1) is 13.1. The predicted octanol–water partition coefficient (Wildman–Crippen LogP) is 3.46. The highest BCUT2D eigenvalue weighted by atomic mass is 16.3. The third-order valence-electron chi connectivity index (χ3n) is 6.30. The minimum Gasteiger partial charge on any atom is -0.508 e. The second-order valence-electron chi connectivity index (χ2n) is 7.19. The van der Waals surface area contributed by atoms with E-state index in [1.165, 1.54) is 0 Å². The topological polar surface area (TPSA) is 54.4 Å². The van der Waals surface area contributed by atoms with Crippen molar-refractivity contribution in [2.45, 2.75) is 44.9 Å². The Hall–Kier alpha value is -1.64. The fourth-order valence-corrected chi connectivity index (χ4v) is 5.16. The Labute approximate surface area is 124 Å². The molecule has 110 valence electrons. The molecular formula is C18H20O3. The summed E-state index contributed by atoms with van der Waals surface area (Å²) < 4.78 is 0. The summed E-state index contributed by atoms with van der Waals surface area (Å²) in [5, 5.41) is 9.63. The van der Waals surface area contributed by atoms with E-state index < -0.39 is 0 Å². The van der Waals surface area contributed by atoms with E-state index in [0.717, 1.165) is 24.8 Å². The van der Waals surface area contributed by atoms with Crippen molar-refractivity contribution in [1.82, 2.24) is 0 Å². The quantitative estimate of drug-likeness (QED) is 0.793. The van der Waals surface area contributed by atoms with Crippen molar-refractivity contribution in [2.24, 2.45) is 17.3 Å². The van der Waals surface area contributed by atoms with Crippen molar-refractivity contribution in [3.05, 3.63) is 29.3 Å². The first-order valence-electron chi connectivity index (χ1n) is 7.90. The van der Waals surface area contributed by atoms with Gasteiger partial charge >= 0.3 is 0 Å². The molecule has 1 aromatic rings. The summed E-state index contributed by atoms with van der Waals surface area (Å²) >= 11 is 0. The Morgan fingerprint density at radius 1 is 1.24 bits per heavy atom. The standard InChI is InChI=1S/C18H20O3/c1-18-7-6-12-11-3-2-10(19)8-14(11)16(20)9-13(12)15(18)4-5-17(18)21/h2-3,8,12-13,15,19H,4-7,9H2,1H3/t12-,13-,15+,18+/m1/s1. The van der Waals surface area contributed by atoms with Gasteiger partial charge in [-0.05, 0) is 54.7 Å². The van der Waals surface area contributed by atoms with Crippen LogP contribution in [0.4, 0.5) is 0 Å². The van der Waals surface area contributed by atoms with Crippen LogP contribution in [0, 0.1) is 17.3 Å². The van der Waals surface area contributed by atoms with Crippen LogP contribution in [0.15, 0.2) is 18.2 Å². The van der Waals surface area contributed by atoms with Crippen LogP contribution in [0.3, 0.4) is 0 Å². The van der Waals surface area contributed by atoms with Crippen LogP contribution in [0.2, 0.25) is 0 Å². The van der Waals surface area contributed by atoms with Gasteiger partial charge in [0.1, 0.15) is 11.5 Å². The highest BCUT2D eigenvalue weighted by molar-refractivity contribution is 5.99. The van der Waals surface area contributed by atoms with Gasteiger partial charge in [-0.3, -0.25) is 9.59 Å². The lowest BCUT2D eigenvalue weighted by Crippen LogP contribution is -2.43. The first-order valence-corrected chi connectivity index (χ1v) is 7.90. The van der Waals surface area contributed by atoms with Gasteiger partial charge in [0.05, 0.1) is 0 Å². The number of ketones is 2. The van der Waals surface area contributed by atoms with Gasteiger partial charge in [-0.1, -0.05) is 13.0 Å². The third kappa shape index (κ3) is 1.66. The van der Waals surface area contributed by atoms with Crippen LogP contribution in [0.5, 0.6) is 5.75 Å². The Kier molecular flexibility index (Phi) is 2.60. The van der Waals surface area contributed by atoms with E-state index in [2.05, 4.69) is 6.92 Å². The van der Waals surface area contributed by atoms with Crippen molar-refractivity contribution in [1.29, 1.82) is 0 Å². The Bertz CT molecular complexity index is 648. The average Bonchev–Trinajstić information content (AvgIpc) is 2.76. The zero-order valence-electron chi connectivity index (χ0n) is 12.3. The summed E-state index contributed by atoms with van der Waals surface area (Å²) in [5.41, 5.74) is 1.59. The molecule has 1 aromatic carbocycles. The summed E-state index contributed by atoms with van der Waals surface area (Å²) in [5.74, 6) is 1.73. The molecule has 0 unspecified atom stereocenters. The maximum atomic E-state index is 12.5. The number of hydrogen-bond acceptors (Lipinski definition) is 3. The molecule has 3 aliphatic carbocycles. The number of benzene rings is 1. The number of carbonyl (C=O) groups is 2. The lowest BCUT2D eigenvalue weighted by Gasteiger charge is -2.47. The molecule has 3 heteroatoms. The minimum atomic E-state index is -0.199. The van der Waals surface area contributed by atoms with Crippen LogP contribution in [0.1, 0.15) is 60.9 Å². The van der Waals surface area contributed by atoms with E-state index in [9.17, 15) is 14.7 Å². The molecule has 0 aliphatic heterocycles. The van der Waals surface area contributed by atoms with Crippen molar-refractivity contribution in [2.75, 3.05) is 0 Å². The molecule has 3 aliphatic rings. The van der Waals surface area contributed by atoms with Gasteiger partial charge < -0.3 is 5.11 Å². The molecule has 0 amide bonds. The van der Waals surface area contributed by atoms with Crippen LogP contribution in [-0.4, -0.2) is 16.7 Å². The van der Waals surface area contributed by atoms with E-state index in [1.807, 2.05) is 6.07 Å². The maximum Gasteiger partial charge on any atom is 0.163 e. The van der Waals surface area contributed by atoms with Crippen LogP contribution >= 0.6 is 0 Å². The lowest BCUT2D eigenvalue weighted by atomic mass is 9.55. The number of hydrogen-bond donors (Lipinski definition) is 1. The highest BCUT2D eigenvalue weighted by Crippen LogP contribution is 2.59. The molecule has 21 heavy (non-hydrogen) atoms. The van der Waals surface area contributed by atoms with Gasteiger partial charge in [0.2, 0.25) is 0 Å². The van der Waals surface area contributed by atoms with Gasteiger partial charge in [-0.25, -0.2) is 0 Å². The van der Waals surface area contributed by atoms with Crippen LogP contribution in [-0.2, 0) is 4.79 Å². The van der Waals surface area contributed by atoms with Crippen LogP contribution < -0.4 is 0 Å². The molecule has 4 atom stereocenters. The molecule has 0 spiro atoms. The van der Waals surface area contributed by atoms with E-state index >= 15 is 0 Å². The normalized spacial score (nSPS) is 37.9. The Morgan fingerprint density at radius 2 is 2.05 bits per heavy atom. The number of phenols is 1. The molecule has 3 nitrogen and oxygen atoms in total. The van der Waals surface area contributed by atoms with E-state index in [4.69, 9.17) is 0 Å². The van der Waals surface area contributed by atoms with Crippen molar-refractivity contribution >= 4 is 11.6 Å². The second-order valence-corrected chi connectivity index (χ2v) is 7.19. The molecule has 0 bridgehead atoms. The first-order chi connectivity index (χ1) is 10.0. The number of phenolic OH excluding ortho intramolecular Hbond substituents is 1. The van der Waals surface area contributed by atoms with E-state index in [0.29, 0.717) is 41.9 Å². The number of rotatable bonds is 0. The van der Waals surface area contributed by atoms with Gasteiger partial charge in [0, 0.05) is 23.8 Å². The van der Waals surface area contributed by atoms with Gasteiger partial charge in [-0.2, -0.15) is 0 Å². The monoisotopic (exact) mass is 284 g/mol. The average molecular weight is 284 g/mol. The zero-order valence-corrected chi connectivity index (χ0v) is 12.3. The van der Waals surface area contributed by atoms with E-state index in [-0.39, 0.29) is 16.9 Å². The molecule has 0 saturated heterocycles. The van der Waals surface area contributed by atoms with Crippen molar-refractivity contribution < 1.29 is 14.7 Å². The summed E-state index contributed by atoms with van der Waals surface area (Å²) in [6.07, 6.45) is 4.08. The minimum absolute atomic E-state index is 0.130. The maximum absolute atomic E-state index is 12.5.